The van der Waals surface area contributed by atoms with E-state index in [1.54, 1.807) is 6.92 Å². The maximum Gasteiger partial charge on any atom is 0.326 e. The third-order valence-electron chi connectivity index (χ3n) is 4.10. The first kappa shape index (κ1) is 19.3. The number of hydrogen-bond acceptors (Lipinski definition) is 4. The van der Waals surface area contributed by atoms with Crippen molar-refractivity contribution >= 4 is 11.9 Å². The Hall–Kier alpha value is -3.03. The summed E-state index contributed by atoms with van der Waals surface area (Å²) in [5, 5.41) is 15.8. The molecule has 0 fully saturated rings. The van der Waals surface area contributed by atoms with Crippen molar-refractivity contribution in [2.75, 3.05) is 0 Å². The summed E-state index contributed by atoms with van der Waals surface area (Å²) in [4.78, 5) is 35.4. The molecule has 0 aliphatic carbocycles. The third kappa shape index (κ3) is 4.75. The van der Waals surface area contributed by atoms with Crippen LogP contribution in [0, 0.1) is 11.7 Å². The Morgan fingerprint density at radius 1 is 1.23 bits per heavy atom. The van der Waals surface area contributed by atoms with Crippen LogP contribution in [0.1, 0.15) is 20.3 Å². The highest BCUT2D eigenvalue weighted by atomic mass is 19.1. The number of rotatable bonds is 7. The number of amides is 1. The summed E-state index contributed by atoms with van der Waals surface area (Å²) in [7, 11) is 0. The predicted octanol–water partition coefficient (Wildman–Crippen LogP) is 1.66. The molecule has 2 aromatic rings. The van der Waals surface area contributed by atoms with Crippen molar-refractivity contribution < 1.29 is 19.1 Å². The van der Waals surface area contributed by atoms with Crippen molar-refractivity contribution in [1.29, 1.82) is 0 Å². The van der Waals surface area contributed by atoms with Gasteiger partial charge < -0.3 is 10.4 Å². The molecule has 7 nitrogen and oxygen atoms in total. The molecule has 8 heteroatoms. The average Bonchev–Trinajstić information content (AvgIpc) is 2.61. The zero-order valence-electron chi connectivity index (χ0n) is 14.5. The molecule has 0 unspecified atom stereocenters. The highest BCUT2D eigenvalue weighted by Gasteiger charge is 2.25. The molecule has 0 saturated heterocycles. The molecule has 0 aliphatic heterocycles. The predicted molar refractivity (Wildman–Crippen MR) is 92.9 cm³/mol. The number of carboxylic acids is 1. The van der Waals surface area contributed by atoms with Crippen LogP contribution in [0.2, 0.25) is 0 Å². The lowest BCUT2D eigenvalue weighted by Gasteiger charge is -2.20. The molecule has 0 saturated carbocycles. The van der Waals surface area contributed by atoms with Gasteiger partial charge in [0, 0.05) is 11.6 Å². The molecule has 0 bridgehead atoms. The fourth-order valence-electron chi connectivity index (χ4n) is 2.38. The largest absolute Gasteiger partial charge is 0.480 e. The molecule has 0 spiro atoms. The molecule has 1 aromatic heterocycles. The minimum absolute atomic E-state index is 0.258. The zero-order valence-corrected chi connectivity index (χ0v) is 14.5. The van der Waals surface area contributed by atoms with E-state index in [-0.39, 0.29) is 5.92 Å². The van der Waals surface area contributed by atoms with Gasteiger partial charge in [-0.1, -0.05) is 20.3 Å². The summed E-state index contributed by atoms with van der Waals surface area (Å²) in [6.45, 7) is 3.14. The minimum atomic E-state index is -1.13. The van der Waals surface area contributed by atoms with Gasteiger partial charge in [0.05, 0.1) is 5.69 Å². The summed E-state index contributed by atoms with van der Waals surface area (Å²) in [6, 6.07) is 7.24. The van der Waals surface area contributed by atoms with Gasteiger partial charge in [0.25, 0.3) is 5.56 Å². The SMILES string of the molecule is CC[C@@H](C)[C@@H](NC(=O)Cn1nc(-c2ccc(F)cc2)ccc1=O)C(=O)O. The standard InChI is InChI=1S/C18H20FN3O4/c1-3-11(2)17(18(25)26)20-15(23)10-22-16(24)9-8-14(21-22)12-4-6-13(19)7-5-12/h4-9,11,17H,3,10H2,1-2H3,(H,20,23)(H,25,26)/t11-,17-/m1/s1. The Balaban J connectivity index is 2.19. The Labute approximate surface area is 149 Å². The average molecular weight is 361 g/mol. The van der Waals surface area contributed by atoms with Crippen molar-refractivity contribution in [3.05, 3.63) is 52.6 Å². The minimum Gasteiger partial charge on any atom is -0.480 e. The molecule has 2 atom stereocenters. The zero-order chi connectivity index (χ0) is 19.3. The summed E-state index contributed by atoms with van der Waals surface area (Å²) in [5.41, 5.74) is 0.485. The van der Waals surface area contributed by atoms with Crippen molar-refractivity contribution in [2.45, 2.75) is 32.9 Å². The fraction of sp³-hybridized carbons (Fsp3) is 0.333. The molecule has 1 amide bonds. The maximum absolute atomic E-state index is 13.0. The Bertz CT molecular complexity index is 848. The van der Waals surface area contributed by atoms with E-state index >= 15 is 0 Å². The van der Waals surface area contributed by atoms with Crippen molar-refractivity contribution in [3.8, 4) is 11.3 Å². The smallest absolute Gasteiger partial charge is 0.326 e. The number of carbonyl (C=O) groups excluding carboxylic acids is 1. The number of hydrogen-bond donors (Lipinski definition) is 2. The van der Waals surface area contributed by atoms with E-state index in [0.717, 1.165) is 4.68 Å². The first-order valence-electron chi connectivity index (χ1n) is 8.18. The van der Waals surface area contributed by atoms with Crippen LogP contribution in [-0.4, -0.2) is 32.8 Å². The second-order valence-electron chi connectivity index (χ2n) is 5.99. The summed E-state index contributed by atoms with van der Waals surface area (Å²) < 4.78 is 14.0. The summed E-state index contributed by atoms with van der Waals surface area (Å²) in [6.07, 6.45) is 0.579. The van der Waals surface area contributed by atoms with Crippen LogP contribution >= 0.6 is 0 Å². The molecule has 1 heterocycles. The quantitative estimate of drug-likeness (QED) is 0.781. The number of aromatic nitrogens is 2. The van der Waals surface area contributed by atoms with Crippen molar-refractivity contribution in [1.82, 2.24) is 15.1 Å². The van der Waals surface area contributed by atoms with Gasteiger partial charge in [-0.25, -0.2) is 13.9 Å². The van der Waals surface area contributed by atoms with Crippen LogP contribution in [0.25, 0.3) is 11.3 Å². The monoisotopic (exact) mass is 361 g/mol. The van der Waals surface area contributed by atoms with E-state index in [0.29, 0.717) is 17.7 Å². The van der Waals surface area contributed by atoms with Crippen molar-refractivity contribution in [2.24, 2.45) is 5.92 Å². The lowest BCUT2D eigenvalue weighted by Crippen LogP contribution is -2.47. The van der Waals surface area contributed by atoms with Crippen LogP contribution in [0.5, 0.6) is 0 Å². The Kier molecular flexibility index (Phi) is 6.21. The van der Waals surface area contributed by atoms with Gasteiger partial charge in [0.2, 0.25) is 5.91 Å². The molecule has 2 N–H and O–H groups in total. The second kappa shape index (κ2) is 8.37. The third-order valence-corrected chi connectivity index (χ3v) is 4.10. The van der Waals surface area contributed by atoms with E-state index in [1.165, 1.54) is 36.4 Å². The van der Waals surface area contributed by atoms with Gasteiger partial charge in [0.15, 0.2) is 0 Å². The number of benzene rings is 1. The lowest BCUT2D eigenvalue weighted by atomic mass is 9.99. The summed E-state index contributed by atoms with van der Waals surface area (Å²) in [5.74, 6) is -2.41. The maximum atomic E-state index is 13.0. The molecule has 2 rings (SSSR count). The number of carboxylic acid groups (broad SMARTS) is 1. The van der Waals surface area contributed by atoms with Crippen LogP contribution < -0.4 is 10.9 Å². The van der Waals surface area contributed by atoms with E-state index in [1.807, 2.05) is 6.92 Å². The second-order valence-corrected chi connectivity index (χ2v) is 5.99. The molecule has 138 valence electrons. The number of halogens is 1. The van der Waals surface area contributed by atoms with Gasteiger partial charge >= 0.3 is 5.97 Å². The lowest BCUT2D eigenvalue weighted by molar-refractivity contribution is -0.143. The molecule has 1 aromatic carbocycles. The van der Waals surface area contributed by atoms with Crippen LogP contribution in [-0.2, 0) is 16.1 Å². The Morgan fingerprint density at radius 2 is 1.88 bits per heavy atom. The highest BCUT2D eigenvalue weighted by Crippen LogP contribution is 2.15. The first-order valence-corrected chi connectivity index (χ1v) is 8.18. The van der Waals surface area contributed by atoms with Crippen LogP contribution in [0.4, 0.5) is 4.39 Å². The number of carbonyl (C=O) groups is 2. The number of aliphatic carboxylic acids is 1. The van der Waals surface area contributed by atoms with E-state index < -0.39 is 35.8 Å². The topological polar surface area (TPSA) is 101 Å². The van der Waals surface area contributed by atoms with Gasteiger partial charge in [-0.05, 0) is 36.2 Å². The number of nitrogens with zero attached hydrogens (tertiary/aromatic N) is 2. The van der Waals surface area contributed by atoms with E-state index in [4.69, 9.17) is 0 Å². The molecular formula is C18H20FN3O4. The molecular weight excluding hydrogens is 341 g/mol. The number of nitrogens with one attached hydrogen (secondary N) is 1. The normalized spacial score (nSPS) is 13.0. The van der Waals surface area contributed by atoms with Crippen LogP contribution in [0.15, 0.2) is 41.2 Å². The fourth-order valence-corrected chi connectivity index (χ4v) is 2.38. The highest BCUT2D eigenvalue weighted by molar-refractivity contribution is 5.83. The van der Waals surface area contributed by atoms with E-state index in [9.17, 15) is 23.9 Å². The Morgan fingerprint density at radius 3 is 2.46 bits per heavy atom. The van der Waals surface area contributed by atoms with Gasteiger partial charge in [-0.2, -0.15) is 5.10 Å². The van der Waals surface area contributed by atoms with Crippen molar-refractivity contribution in [3.63, 3.8) is 0 Å². The van der Waals surface area contributed by atoms with Gasteiger partial charge in [-0.15, -0.1) is 0 Å². The van der Waals surface area contributed by atoms with E-state index in [2.05, 4.69) is 10.4 Å². The summed E-state index contributed by atoms with van der Waals surface area (Å²) >= 11 is 0. The van der Waals surface area contributed by atoms with Gasteiger partial charge in [-0.3, -0.25) is 9.59 Å². The first-order chi connectivity index (χ1) is 12.3. The molecule has 0 aliphatic rings. The van der Waals surface area contributed by atoms with Gasteiger partial charge in [0.1, 0.15) is 18.4 Å². The molecule has 0 radical (unpaired) electrons. The van der Waals surface area contributed by atoms with Crippen LogP contribution in [0.3, 0.4) is 0 Å². The molecule has 26 heavy (non-hydrogen) atoms.